The van der Waals surface area contributed by atoms with E-state index in [-0.39, 0.29) is 11.5 Å². The van der Waals surface area contributed by atoms with E-state index in [9.17, 15) is 10.2 Å². The molecule has 0 saturated carbocycles. The average molecular weight is 297 g/mol. The van der Waals surface area contributed by atoms with E-state index in [1.54, 1.807) is 30.5 Å². The Morgan fingerprint density at radius 3 is 2.41 bits per heavy atom. The third kappa shape index (κ3) is 2.26. The molecule has 2 N–H and O–H groups in total. The van der Waals surface area contributed by atoms with E-state index in [1.165, 1.54) is 20.3 Å². The van der Waals surface area contributed by atoms with E-state index in [4.69, 9.17) is 9.47 Å². The summed E-state index contributed by atoms with van der Waals surface area (Å²) in [5.41, 5.74) is 1.39. The van der Waals surface area contributed by atoms with Crippen molar-refractivity contribution in [2.45, 2.75) is 0 Å². The van der Waals surface area contributed by atoms with Crippen molar-refractivity contribution in [2.75, 3.05) is 14.2 Å². The fourth-order valence-corrected chi connectivity index (χ4v) is 2.44. The van der Waals surface area contributed by atoms with Crippen LogP contribution in [-0.2, 0) is 0 Å². The van der Waals surface area contributed by atoms with Crippen LogP contribution in [0.15, 0.2) is 42.6 Å². The second kappa shape index (κ2) is 5.44. The molecule has 22 heavy (non-hydrogen) atoms. The number of phenolic OH excluding ortho intramolecular Hbond substituents is 2. The summed E-state index contributed by atoms with van der Waals surface area (Å²) in [6, 6.07) is 10.0. The highest BCUT2D eigenvalue weighted by atomic mass is 16.5. The monoisotopic (exact) mass is 297 g/mol. The fourth-order valence-electron chi connectivity index (χ4n) is 2.44. The summed E-state index contributed by atoms with van der Waals surface area (Å²) < 4.78 is 10.4. The number of hydrogen-bond acceptors (Lipinski definition) is 5. The second-order valence-electron chi connectivity index (χ2n) is 4.79. The zero-order valence-corrected chi connectivity index (χ0v) is 12.2. The first kappa shape index (κ1) is 14.0. The van der Waals surface area contributed by atoms with Crippen LogP contribution in [-0.4, -0.2) is 29.4 Å². The molecule has 0 aliphatic carbocycles. The van der Waals surface area contributed by atoms with Crippen molar-refractivity contribution in [3.8, 4) is 34.3 Å². The predicted octanol–water partition coefficient (Wildman–Crippen LogP) is 3.33. The Hall–Kier alpha value is -2.95. The number of fused-ring (bicyclic) bond motifs is 1. The average Bonchev–Trinajstić information content (AvgIpc) is 2.53. The summed E-state index contributed by atoms with van der Waals surface area (Å²) in [6.45, 7) is 0. The molecular weight excluding hydrogens is 282 g/mol. The molecule has 0 aliphatic heterocycles. The van der Waals surface area contributed by atoms with Crippen molar-refractivity contribution in [1.82, 2.24) is 4.98 Å². The largest absolute Gasteiger partial charge is 0.508 e. The van der Waals surface area contributed by atoms with Gasteiger partial charge in [0.1, 0.15) is 11.5 Å². The number of aromatic hydroxyl groups is 2. The normalized spacial score (nSPS) is 10.6. The molecule has 3 rings (SSSR count). The summed E-state index contributed by atoms with van der Waals surface area (Å²) in [6.07, 6.45) is 1.68. The Labute approximate surface area is 127 Å². The Bertz CT molecular complexity index is 845. The molecule has 0 amide bonds. The minimum Gasteiger partial charge on any atom is -0.508 e. The lowest BCUT2D eigenvalue weighted by Gasteiger charge is -2.12. The smallest absolute Gasteiger partial charge is 0.161 e. The van der Waals surface area contributed by atoms with Gasteiger partial charge in [-0.3, -0.25) is 4.98 Å². The van der Waals surface area contributed by atoms with E-state index in [0.717, 1.165) is 16.3 Å². The van der Waals surface area contributed by atoms with Gasteiger partial charge >= 0.3 is 0 Å². The number of methoxy groups -OCH3 is 2. The van der Waals surface area contributed by atoms with Gasteiger partial charge < -0.3 is 19.7 Å². The Morgan fingerprint density at radius 1 is 0.909 bits per heavy atom. The number of benzene rings is 2. The van der Waals surface area contributed by atoms with Crippen molar-refractivity contribution >= 4 is 10.8 Å². The molecule has 0 bridgehead atoms. The van der Waals surface area contributed by atoms with Crippen LogP contribution in [0.3, 0.4) is 0 Å². The van der Waals surface area contributed by atoms with E-state index in [0.29, 0.717) is 17.2 Å². The van der Waals surface area contributed by atoms with E-state index >= 15 is 0 Å². The van der Waals surface area contributed by atoms with Crippen LogP contribution in [0.25, 0.3) is 22.0 Å². The summed E-state index contributed by atoms with van der Waals surface area (Å²) in [4.78, 5) is 4.40. The van der Waals surface area contributed by atoms with E-state index in [2.05, 4.69) is 4.98 Å². The molecule has 5 nitrogen and oxygen atoms in total. The van der Waals surface area contributed by atoms with Gasteiger partial charge in [-0.2, -0.15) is 0 Å². The molecule has 3 aromatic rings. The molecule has 0 saturated heterocycles. The van der Waals surface area contributed by atoms with Crippen molar-refractivity contribution in [3.63, 3.8) is 0 Å². The molecule has 0 radical (unpaired) electrons. The molecule has 1 aromatic heterocycles. The lowest BCUT2D eigenvalue weighted by atomic mass is 10.0. The number of phenols is 2. The highest BCUT2D eigenvalue weighted by Crippen LogP contribution is 2.39. The highest BCUT2D eigenvalue weighted by Gasteiger charge is 2.14. The van der Waals surface area contributed by atoms with Gasteiger partial charge in [0.25, 0.3) is 0 Å². The quantitative estimate of drug-likeness (QED) is 0.776. The summed E-state index contributed by atoms with van der Waals surface area (Å²) >= 11 is 0. The summed E-state index contributed by atoms with van der Waals surface area (Å²) in [5, 5.41) is 21.3. The predicted molar refractivity (Wildman–Crippen MR) is 83.6 cm³/mol. The van der Waals surface area contributed by atoms with Crippen molar-refractivity contribution in [3.05, 3.63) is 42.6 Å². The molecule has 112 valence electrons. The third-order valence-corrected chi connectivity index (χ3v) is 3.50. The van der Waals surface area contributed by atoms with Gasteiger partial charge in [-0.1, -0.05) is 0 Å². The van der Waals surface area contributed by atoms with Crippen LogP contribution in [0.4, 0.5) is 0 Å². The van der Waals surface area contributed by atoms with Crippen molar-refractivity contribution in [1.29, 1.82) is 0 Å². The van der Waals surface area contributed by atoms with Gasteiger partial charge in [-0.05, 0) is 35.7 Å². The molecular formula is C17H15NO4. The van der Waals surface area contributed by atoms with Crippen LogP contribution in [0.5, 0.6) is 23.0 Å². The molecule has 0 spiro atoms. The highest BCUT2D eigenvalue weighted by molar-refractivity contribution is 5.97. The van der Waals surface area contributed by atoms with Gasteiger partial charge in [-0.15, -0.1) is 0 Å². The van der Waals surface area contributed by atoms with Gasteiger partial charge in [0.2, 0.25) is 0 Å². The van der Waals surface area contributed by atoms with Crippen molar-refractivity contribution < 1.29 is 19.7 Å². The first-order valence-corrected chi connectivity index (χ1v) is 6.67. The van der Waals surface area contributed by atoms with Crippen LogP contribution in [0, 0.1) is 0 Å². The van der Waals surface area contributed by atoms with Gasteiger partial charge in [0, 0.05) is 23.2 Å². The molecule has 5 heteroatoms. The standard InChI is InChI=1S/C17H15NO4/c1-21-15-8-11(19)3-4-12(15)17-13-9-14(20)16(22-2)7-10(13)5-6-18-17/h3-9,19-20H,1-2H3. The molecule has 0 unspecified atom stereocenters. The number of aromatic nitrogens is 1. The first-order valence-electron chi connectivity index (χ1n) is 6.67. The van der Waals surface area contributed by atoms with Crippen LogP contribution < -0.4 is 9.47 Å². The van der Waals surface area contributed by atoms with Gasteiger partial charge in [0.15, 0.2) is 11.5 Å². The van der Waals surface area contributed by atoms with Crippen molar-refractivity contribution in [2.24, 2.45) is 0 Å². The Morgan fingerprint density at radius 2 is 1.68 bits per heavy atom. The maximum Gasteiger partial charge on any atom is 0.161 e. The number of ether oxygens (including phenoxy) is 2. The summed E-state index contributed by atoms with van der Waals surface area (Å²) in [7, 11) is 3.04. The zero-order chi connectivity index (χ0) is 15.7. The van der Waals surface area contributed by atoms with Crippen LogP contribution in [0.1, 0.15) is 0 Å². The first-order chi connectivity index (χ1) is 10.6. The third-order valence-electron chi connectivity index (χ3n) is 3.50. The number of nitrogens with zero attached hydrogens (tertiary/aromatic N) is 1. The topological polar surface area (TPSA) is 71.8 Å². The molecule has 1 heterocycles. The maximum atomic E-state index is 10.0. The lowest BCUT2D eigenvalue weighted by Crippen LogP contribution is -1.92. The number of hydrogen-bond donors (Lipinski definition) is 2. The maximum absolute atomic E-state index is 10.0. The minimum atomic E-state index is 0.0435. The lowest BCUT2D eigenvalue weighted by molar-refractivity contribution is 0.374. The number of rotatable bonds is 3. The molecule has 0 aliphatic rings. The van der Waals surface area contributed by atoms with Gasteiger partial charge in [-0.25, -0.2) is 0 Å². The summed E-state index contributed by atoms with van der Waals surface area (Å²) in [5.74, 6) is 1.07. The fraction of sp³-hybridized carbons (Fsp3) is 0.118. The molecule has 0 atom stereocenters. The molecule has 2 aromatic carbocycles. The minimum absolute atomic E-state index is 0.0435. The van der Waals surface area contributed by atoms with Gasteiger partial charge in [0.05, 0.1) is 19.9 Å². The Balaban J connectivity index is 2.30. The zero-order valence-electron chi connectivity index (χ0n) is 12.2. The Kier molecular flexibility index (Phi) is 3.47. The van der Waals surface area contributed by atoms with Crippen LogP contribution >= 0.6 is 0 Å². The second-order valence-corrected chi connectivity index (χ2v) is 4.79. The number of pyridine rings is 1. The van der Waals surface area contributed by atoms with E-state index < -0.39 is 0 Å². The molecule has 0 fully saturated rings. The van der Waals surface area contributed by atoms with Crippen LogP contribution in [0.2, 0.25) is 0 Å². The SMILES string of the molecule is COc1cc2ccnc(-c3ccc(O)cc3OC)c2cc1O. The van der Waals surface area contributed by atoms with E-state index in [1.807, 2.05) is 6.07 Å².